The molecule has 3 atom stereocenters. The molecule has 8 N–H and O–H groups in total. The van der Waals surface area contributed by atoms with Gasteiger partial charge in [0.2, 0.25) is 20.0 Å². The molecule has 0 saturated heterocycles. The summed E-state index contributed by atoms with van der Waals surface area (Å²) in [7, 11) is -3.20. The van der Waals surface area contributed by atoms with Crippen LogP contribution in [0.4, 0.5) is 0 Å². The molecule has 3 aliphatic rings. The van der Waals surface area contributed by atoms with Gasteiger partial charge in [-0.15, -0.1) is 0 Å². The number of fused-ring (bicyclic) bond motifs is 3. The van der Waals surface area contributed by atoms with E-state index in [0.717, 1.165) is 69.7 Å². The van der Waals surface area contributed by atoms with Gasteiger partial charge in [0, 0.05) is 151 Å². The van der Waals surface area contributed by atoms with Crippen LogP contribution in [0.5, 0.6) is 0 Å². The van der Waals surface area contributed by atoms with Gasteiger partial charge in [-0.05, 0) is 193 Å². The summed E-state index contributed by atoms with van der Waals surface area (Å²) < 4.78 is 131. The predicted octanol–water partition coefficient (Wildman–Crippen LogP) is 12.6. The molecule has 1 amide bonds. The van der Waals surface area contributed by atoms with E-state index in [9.17, 15) is 44.4 Å². The molecule has 0 fully saturated rings. The number of sulfone groups is 1. The summed E-state index contributed by atoms with van der Waals surface area (Å²) in [4.78, 5) is 52.5. The molecule has 3 heterocycles. The Morgan fingerprint density at radius 1 is 0.411 bits per heavy atom. The molecule has 8 aromatic rings. The highest BCUT2D eigenvalue weighted by Crippen LogP contribution is 2.43. The number of sulfonamides is 2. The average Bonchev–Trinajstić information content (AvgIpc) is 0.779. The highest BCUT2D eigenvalue weighted by atomic mass is 35.5. The molecule has 0 bridgehead atoms. The van der Waals surface area contributed by atoms with E-state index in [4.69, 9.17) is 133 Å². The fourth-order valence-corrected chi connectivity index (χ4v) is 19.4. The Labute approximate surface area is 785 Å². The molecule has 11 rings (SSSR count). The van der Waals surface area contributed by atoms with E-state index in [1.54, 1.807) is 104 Å². The minimum Gasteiger partial charge on any atom is -0.478 e. The smallest absolute Gasteiger partial charge is 0.335 e. The Morgan fingerprint density at radius 3 is 1.15 bits per heavy atom. The number of aromatic carboxylic acids is 2. The highest BCUT2D eigenvalue weighted by Gasteiger charge is 2.32. The van der Waals surface area contributed by atoms with Crippen molar-refractivity contribution < 1.29 is 102 Å². The van der Waals surface area contributed by atoms with E-state index < -0.39 is 41.8 Å². The number of aliphatic hydroxyl groups excluding tert-OH is 1. The summed E-state index contributed by atoms with van der Waals surface area (Å²) in [6, 6.07) is 43.7. The van der Waals surface area contributed by atoms with Crippen molar-refractivity contribution in [2.75, 3.05) is 199 Å². The molecular weight excluding hydrogens is 1850 g/mol. The Hall–Kier alpha value is -7.21. The third-order valence-corrected chi connectivity index (χ3v) is 26.9. The van der Waals surface area contributed by atoms with E-state index in [-0.39, 0.29) is 102 Å². The number of amides is 1. The zero-order chi connectivity index (χ0) is 93.5. The van der Waals surface area contributed by atoms with Crippen molar-refractivity contribution in [1.82, 2.24) is 29.5 Å². The molecule has 129 heavy (non-hydrogen) atoms. The first-order chi connectivity index (χ1) is 61.8. The lowest BCUT2D eigenvalue weighted by molar-refractivity contribution is 0.0162. The Bertz CT molecular complexity index is 5260. The van der Waals surface area contributed by atoms with Gasteiger partial charge < -0.3 is 83.7 Å². The zero-order valence-electron chi connectivity index (χ0n) is 72.4. The summed E-state index contributed by atoms with van der Waals surface area (Å²) in [5, 5.41) is 32.0. The number of Topliss-reactive ketones (excluding diaryl/α,β-unsaturated/α-hetero) is 1. The molecule has 0 radical (unpaired) electrons. The van der Waals surface area contributed by atoms with Crippen LogP contribution in [0, 0.1) is 0 Å². The molecule has 8 aromatic carbocycles. The first kappa shape index (κ1) is 107. The number of hydrogen-bond donors (Lipinski definition) is 7. The van der Waals surface area contributed by atoms with Crippen molar-refractivity contribution in [2.24, 2.45) is 5.73 Å². The standard InChI is InChI=1S/C37H47Cl2N3O9S.C24H33Cl2N3O5S.C22H27Cl2NO4S.C8H6O4/c1-42-25-33(32-23-30(38)24-35(39)34(32)26-42)29-4-2-5-31(22-29)52(46,47)41-12-16-50-19-21-51-20-18-49-15-11-40-37(45)28-9-7-27(8-10-28)36(44)6-3-14-48-17-13-43;1-29-16-22(21-14-19(25)15-24(26)23(21)17-29)18-3-2-4-20(13-18)35(30,31)28-6-8-33-10-12-34-11-9-32-7-5-27;1-25-14-20(19-12-17(23)13-22(24)21(19)15-25)16-5-3-6-18(11-16)30(26,27)10-4-7-29-9-8-28-2;9-7(10)5-1-2-6(4-3-5)8(11)12/h2,4-5,7-10,22-24,33,41,43H,3,6,11-21,25-26H2,1H3,(H,40,45);2-4,13-15,22,28H,5-12,16-17,27H2,1H3;3,5-6,11-13,20H,4,7-10,14-15H2,1-2H3;1-4H,(H,9,10)(H,11,12). The molecule has 3 unspecified atom stereocenters. The maximum atomic E-state index is 13.1. The van der Waals surface area contributed by atoms with E-state index >= 15 is 0 Å². The third kappa shape index (κ3) is 35.3. The van der Waals surface area contributed by atoms with Gasteiger partial charge in [-0.3, -0.25) is 9.59 Å². The summed E-state index contributed by atoms with van der Waals surface area (Å²) in [6.45, 7) is 11.6. The molecule has 704 valence electrons. The van der Waals surface area contributed by atoms with Gasteiger partial charge in [0.05, 0.1) is 137 Å². The number of carboxylic acid groups (broad SMARTS) is 2. The first-order valence-corrected chi connectivity index (χ1v) is 48.6. The molecule has 0 aromatic heterocycles. The number of ether oxygens (including phenoxy) is 9. The van der Waals surface area contributed by atoms with Crippen LogP contribution in [0.25, 0.3) is 0 Å². The van der Waals surface area contributed by atoms with Crippen molar-refractivity contribution in [3.8, 4) is 0 Å². The van der Waals surface area contributed by atoms with E-state index in [1.807, 2.05) is 57.5 Å². The summed E-state index contributed by atoms with van der Waals surface area (Å²) in [5.41, 5.74) is 15.3. The van der Waals surface area contributed by atoms with Crippen molar-refractivity contribution in [1.29, 1.82) is 0 Å². The molecule has 29 nitrogen and oxygen atoms in total. The van der Waals surface area contributed by atoms with Crippen molar-refractivity contribution in [3.63, 3.8) is 0 Å². The fourth-order valence-electron chi connectivity index (χ4n) is 14.2. The number of carbonyl (C=O) groups is 4. The number of nitrogens with one attached hydrogen (secondary N) is 3. The van der Waals surface area contributed by atoms with Crippen molar-refractivity contribution in [3.05, 3.63) is 260 Å². The van der Waals surface area contributed by atoms with Crippen LogP contribution in [0.15, 0.2) is 172 Å². The second-order valence-electron chi connectivity index (χ2n) is 30.3. The van der Waals surface area contributed by atoms with Gasteiger partial charge >= 0.3 is 11.9 Å². The lowest BCUT2D eigenvalue weighted by atomic mass is 9.85. The van der Waals surface area contributed by atoms with Crippen LogP contribution in [-0.4, -0.2) is 278 Å². The van der Waals surface area contributed by atoms with Gasteiger partial charge in [-0.1, -0.05) is 118 Å². The third-order valence-electron chi connectivity index (χ3n) is 20.5. The largest absolute Gasteiger partial charge is 0.478 e. The van der Waals surface area contributed by atoms with Crippen LogP contribution in [0.3, 0.4) is 0 Å². The summed E-state index contributed by atoms with van der Waals surface area (Å²) in [5.74, 6) is -2.50. The molecule has 0 spiro atoms. The Morgan fingerprint density at radius 2 is 0.752 bits per heavy atom. The normalized spacial score (nSPS) is 15.2. The number of aliphatic hydroxyl groups is 1. The lowest BCUT2D eigenvalue weighted by Crippen LogP contribution is -2.31. The second-order valence-corrected chi connectivity index (χ2v) is 38.4. The molecule has 0 saturated carbocycles. The number of nitrogens with two attached hydrogens (primary N) is 1. The summed E-state index contributed by atoms with van der Waals surface area (Å²) >= 11 is 38.3. The van der Waals surface area contributed by atoms with Gasteiger partial charge in [0.1, 0.15) is 0 Å². The number of halogens is 6. The molecule has 3 aliphatic heterocycles. The topological polar surface area (TPSA) is 386 Å². The number of ketones is 1. The first-order valence-electron chi connectivity index (χ1n) is 41.7. The maximum absolute atomic E-state index is 13.1. The number of carbonyl (C=O) groups excluding carboxylic acids is 2. The quantitative estimate of drug-likeness (QED) is 0.0138. The maximum Gasteiger partial charge on any atom is 0.335 e. The Balaban J connectivity index is 0.000000232. The van der Waals surface area contributed by atoms with Crippen LogP contribution < -0.4 is 20.5 Å². The number of benzene rings is 8. The number of hydrogen-bond acceptors (Lipinski definition) is 24. The van der Waals surface area contributed by atoms with Gasteiger partial charge in [0.25, 0.3) is 5.91 Å². The van der Waals surface area contributed by atoms with E-state index in [2.05, 4.69) is 29.5 Å². The van der Waals surface area contributed by atoms with E-state index in [0.29, 0.717) is 184 Å². The van der Waals surface area contributed by atoms with Crippen molar-refractivity contribution >= 4 is 123 Å². The molecule has 38 heteroatoms. The fraction of sp³-hybridized carbons (Fsp3) is 0.429. The number of carboxylic acids is 2. The van der Waals surface area contributed by atoms with E-state index in [1.165, 1.54) is 24.3 Å². The highest BCUT2D eigenvalue weighted by molar-refractivity contribution is 7.91. The van der Waals surface area contributed by atoms with Crippen LogP contribution in [0.2, 0.25) is 30.1 Å². The van der Waals surface area contributed by atoms with Gasteiger partial charge in [-0.2, -0.15) is 0 Å². The summed E-state index contributed by atoms with van der Waals surface area (Å²) in [6.07, 6.45) is 1.33. The Kier molecular flexibility index (Phi) is 46.1. The number of likely N-dealkylation sites (N-methyl/N-ethyl adjacent to an activating group) is 3. The van der Waals surface area contributed by atoms with Gasteiger partial charge in [-0.25, -0.2) is 44.3 Å². The lowest BCUT2D eigenvalue weighted by Gasteiger charge is -2.33. The van der Waals surface area contributed by atoms with Crippen LogP contribution in [0.1, 0.15) is 129 Å². The van der Waals surface area contributed by atoms with Gasteiger partial charge in [0.15, 0.2) is 15.6 Å². The zero-order valence-corrected chi connectivity index (χ0v) is 79.4. The minimum absolute atomic E-state index is 0.00229. The molecular formula is C91H113Cl6N7O22S3. The predicted molar refractivity (Wildman–Crippen MR) is 498 cm³/mol. The number of methoxy groups -OCH3 is 1. The second kappa shape index (κ2) is 55.5. The van der Waals surface area contributed by atoms with Crippen molar-refractivity contribution in [2.45, 2.75) is 71.3 Å². The van der Waals surface area contributed by atoms with Crippen LogP contribution >= 0.6 is 69.6 Å². The average molecular weight is 1970 g/mol. The molecule has 0 aliphatic carbocycles. The number of rotatable bonds is 48. The monoisotopic (exact) mass is 1960 g/mol. The number of nitrogens with zero attached hydrogens (tertiary/aromatic N) is 3. The van der Waals surface area contributed by atoms with Crippen LogP contribution in [-0.2, 0) is 92.1 Å². The minimum atomic E-state index is -3.76. The SMILES string of the molecule is CN1Cc2c(Cl)cc(Cl)cc2C(c2cccc(S(=O)(=O)NCCOCCOCCOCCN)c2)C1.CN1Cc2c(Cl)cc(Cl)cc2C(c2cccc(S(=O)(=O)NCCOCCOCCOCCNC(=O)c3ccc(C(=O)CCCOCCO)cc3)c2)C1.COCCOCCCS(=O)(=O)c1cccc(C2CN(C)Cc3c(Cl)cc(Cl)cc32)c1.O=C(O)c1ccc(C(=O)O)cc1.